The molecule has 8 nitrogen and oxygen atoms in total. The van der Waals surface area contributed by atoms with Crippen molar-refractivity contribution in [1.29, 1.82) is 0 Å². The molecule has 1 aromatic heterocycles. The molecule has 1 amide bonds. The maximum atomic E-state index is 11.9. The van der Waals surface area contributed by atoms with Gasteiger partial charge in [0.1, 0.15) is 5.69 Å². The first kappa shape index (κ1) is 13.5. The molecular formula is C12H13N5O3. The average molecular weight is 275 g/mol. The summed E-state index contributed by atoms with van der Waals surface area (Å²) in [6.07, 6.45) is 5.06. The van der Waals surface area contributed by atoms with Crippen molar-refractivity contribution in [3.8, 4) is 0 Å². The first-order chi connectivity index (χ1) is 9.58. The lowest BCUT2D eigenvalue weighted by atomic mass is 10.1. The summed E-state index contributed by atoms with van der Waals surface area (Å²) in [6.45, 7) is 0.968. The minimum absolute atomic E-state index is 0.0324. The van der Waals surface area contributed by atoms with Gasteiger partial charge in [-0.25, -0.2) is 4.98 Å². The summed E-state index contributed by atoms with van der Waals surface area (Å²) in [7, 11) is 0. The third kappa shape index (κ3) is 3.10. The zero-order valence-electron chi connectivity index (χ0n) is 10.5. The molecule has 0 radical (unpaired) electrons. The Balaban J connectivity index is 1.98. The molecular weight excluding hydrogens is 262 g/mol. The van der Waals surface area contributed by atoms with E-state index in [1.807, 2.05) is 4.57 Å². The Morgan fingerprint density at radius 2 is 2.30 bits per heavy atom. The third-order valence-corrected chi connectivity index (χ3v) is 2.70. The maximum absolute atomic E-state index is 11.9. The Bertz CT molecular complexity index is 624. The van der Waals surface area contributed by atoms with Gasteiger partial charge < -0.3 is 15.6 Å². The molecule has 3 N–H and O–H groups in total. The topological polar surface area (TPSA) is 116 Å². The van der Waals surface area contributed by atoms with E-state index in [4.69, 9.17) is 5.73 Å². The van der Waals surface area contributed by atoms with Crippen molar-refractivity contribution in [1.82, 2.24) is 14.9 Å². The number of nitro benzene ring substituents is 1. The Morgan fingerprint density at radius 3 is 2.95 bits per heavy atom. The molecule has 0 unspecified atom stereocenters. The molecule has 0 bridgehead atoms. The van der Waals surface area contributed by atoms with Crippen LogP contribution in [-0.2, 0) is 6.54 Å². The second-order valence-electron chi connectivity index (χ2n) is 4.09. The fourth-order valence-electron chi connectivity index (χ4n) is 1.66. The van der Waals surface area contributed by atoms with Crippen LogP contribution in [0.4, 0.5) is 11.4 Å². The number of anilines is 1. The van der Waals surface area contributed by atoms with Crippen molar-refractivity contribution in [2.45, 2.75) is 6.54 Å². The number of nitro groups is 1. The SMILES string of the molecule is Nc1ccc(C(=O)NCCn2ccnc2)cc1[N+](=O)[O-]. The lowest BCUT2D eigenvalue weighted by molar-refractivity contribution is -0.383. The smallest absolute Gasteiger partial charge is 0.292 e. The number of aromatic nitrogens is 2. The molecule has 104 valence electrons. The number of benzene rings is 1. The van der Waals surface area contributed by atoms with E-state index in [9.17, 15) is 14.9 Å². The van der Waals surface area contributed by atoms with Crippen LogP contribution in [0.3, 0.4) is 0 Å². The van der Waals surface area contributed by atoms with Gasteiger partial charge in [-0.05, 0) is 12.1 Å². The van der Waals surface area contributed by atoms with Crippen molar-refractivity contribution in [3.63, 3.8) is 0 Å². The first-order valence-electron chi connectivity index (χ1n) is 5.86. The second kappa shape index (κ2) is 5.83. The van der Waals surface area contributed by atoms with Crippen LogP contribution in [0, 0.1) is 10.1 Å². The standard InChI is InChI=1S/C12H13N5O3/c13-10-2-1-9(7-11(10)17(19)20)12(18)15-4-6-16-5-3-14-8-16/h1-3,5,7-8H,4,6,13H2,(H,15,18). The fraction of sp³-hybridized carbons (Fsp3) is 0.167. The maximum Gasteiger partial charge on any atom is 0.292 e. The van der Waals surface area contributed by atoms with Gasteiger partial charge in [-0.15, -0.1) is 0 Å². The molecule has 2 rings (SSSR count). The Labute approximate surface area is 114 Å². The summed E-state index contributed by atoms with van der Waals surface area (Å²) >= 11 is 0. The van der Waals surface area contributed by atoms with Crippen molar-refractivity contribution in [2.24, 2.45) is 0 Å². The third-order valence-electron chi connectivity index (χ3n) is 2.70. The number of carbonyl (C=O) groups excluding carboxylic acids is 1. The van der Waals surface area contributed by atoms with Crippen LogP contribution in [0.1, 0.15) is 10.4 Å². The molecule has 1 aromatic carbocycles. The Hall–Kier alpha value is -2.90. The van der Waals surface area contributed by atoms with Gasteiger partial charge in [0.15, 0.2) is 0 Å². The number of hydrogen-bond donors (Lipinski definition) is 2. The van der Waals surface area contributed by atoms with E-state index < -0.39 is 4.92 Å². The summed E-state index contributed by atoms with van der Waals surface area (Å²) in [4.78, 5) is 25.9. The number of nitrogen functional groups attached to an aromatic ring is 1. The van der Waals surface area contributed by atoms with Crippen LogP contribution in [-0.4, -0.2) is 26.9 Å². The van der Waals surface area contributed by atoms with Crippen LogP contribution < -0.4 is 11.1 Å². The monoisotopic (exact) mass is 275 g/mol. The number of amides is 1. The van der Waals surface area contributed by atoms with Crippen LogP contribution in [0.5, 0.6) is 0 Å². The number of carbonyl (C=O) groups is 1. The average Bonchev–Trinajstić information content (AvgIpc) is 2.92. The van der Waals surface area contributed by atoms with Gasteiger partial charge in [-0.3, -0.25) is 14.9 Å². The first-order valence-corrected chi connectivity index (χ1v) is 5.86. The van der Waals surface area contributed by atoms with Gasteiger partial charge in [-0.2, -0.15) is 0 Å². The number of imidazole rings is 1. The lowest BCUT2D eigenvalue weighted by Gasteiger charge is -2.06. The van der Waals surface area contributed by atoms with E-state index in [2.05, 4.69) is 10.3 Å². The summed E-state index contributed by atoms with van der Waals surface area (Å²) in [5.41, 5.74) is 5.44. The van der Waals surface area contributed by atoms with Crippen LogP contribution in [0.2, 0.25) is 0 Å². The van der Waals surface area contributed by atoms with E-state index in [1.165, 1.54) is 18.2 Å². The van der Waals surface area contributed by atoms with E-state index in [0.717, 1.165) is 0 Å². The van der Waals surface area contributed by atoms with E-state index in [1.54, 1.807) is 18.7 Å². The highest BCUT2D eigenvalue weighted by Crippen LogP contribution is 2.22. The predicted octanol–water partition coefficient (Wildman–Crippen LogP) is 0.803. The highest BCUT2D eigenvalue weighted by molar-refractivity contribution is 5.95. The molecule has 0 saturated heterocycles. The molecule has 0 atom stereocenters. The second-order valence-corrected chi connectivity index (χ2v) is 4.09. The normalized spacial score (nSPS) is 10.2. The quantitative estimate of drug-likeness (QED) is 0.475. The predicted molar refractivity (Wildman–Crippen MR) is 72.1 cm³/mol. The minimum Gasteiger partial charge on any atom is -0.393 e. The molecule has 0 spiro atoms. The van der Waals surface area contributed by atoms with E-state index in [-0.39, 0.29) is 22.8 Å². The van der Waals surface area contributed by atoms with Crippen LogP contribution in [0.15, 0.2) is 36.9 Å². The van der Waals surface area contributed by atoms with Gasteiger partial charge in [0.2, 0.25) is 0 Å². The van der Waals surface area contributed by atoms with Crippen LogP contribution >= 0.6 is 0 Å². The van der Waals surface area contributed by atoms with Gasteiger partial charge in [0, 0.05) is 37.1 Å². The van der Waals surface area contributed by atoms with E-state index >= 15 is 0 Å². The van der Waals surface area contributed by atoms with Gasteiger partial charge in [0.25, 0.3) is 11.6 Å². The molecule has 0 fully saturated rings. The highest BCUT2D eigenvalue weighted by Gasteiger charge is 2.15. The Kier molecular flexibility index (Phi) is 3.94. The summed E-state index contributed by atoms with van der Waals surface area (Å²) in [5, 5.41) is 13.4. The van der Waals surface area contributed by atoms with Crippen molar-refractivity contribution in [2.75, 3.05) is 12.3 Å². The van der Waals surface area contributed by atoms with Crippen LogP contribution in [0.25, 0.3) is 0 Å². The zero-order chi connectivity index (χ0) is 14.5. The van der Waals surface area contributed by atoms with Crippen molar-refractivity contribution < 1.29 is 9.72 Å². The van der Waals surface area contributed by atoms with Crippen molar-refractivity contribution >= 4 is 17.3 Å². The summed E-state index contributed by atoms with van der Waals surface area (Å²) < 4.78 is 1.81. The molecule has 8 heteroatoms. The molecule has 0 aliphatic rings. The van der Waals surface area contributed by atoms with Gasteiger partial charge >= 0.3 is 0 Å². The zero-order valence-corrected chi connectivity index (χ0v) is 10.5. The Morgan fingerprint density at radius 1 is 1.50 bits per heavy atom. The largest absolute Gasteiger partial charge is 0.393 e. The minimum atomic E-state index is -0.613. The number of nitrogens with two attached hydrogens (primary N) is 1. The number of nitrogens with one attached hydrogen (secondary N) is 1. The van der Waals surface area contributed by atoms with Gasteiger partial charge in [0.05, 0.1) is 11.3 Å². The lowest BCUT2D eigenvalue weighted by Crippen LogP contribution is -2.27. The van der Waals surface area contributed by atoms with E-state index in [0.29, 0.717) is 13.1 Å². The summed E-state index contributed by atoms with van der Waals surface area (Å²) in [5.74, 6) is -0.381. The number of hydrogen-bond acceptors (Lipinski definition) is 5. The van der Waals surface area contributed by atoms with Crippen molar-refractivity contribution in [3.05, 3.63) is 52.6 Å². The number of rotatable bonds is 5. The molecule has 0 aliphatic carbocycles. The molecule has 0 aliphatic heterocycles. The summed E-state index contributed by atoms with van der Waals surface area (Å²) in [6, 6.07) is 3.97. The molecule has 2 aromatic rings. The molecule has 20 heavy (non-hydrogen) atoms. The number of nitrogens with zero attached hydrogens (tertiary/aromatic N) is 3. The van der Waals surface area contributed by atoms with Gasteiger partial charge in [-0.1, -0.05) is 0 Å². The fourth-order valence-corrected chi connectivity index (χ4v) is 1.66. The molecule has 0 saturated carbocycles. The molecule has 1 heterocycles. The highest BCUT2D eigenvalue weighted by atomic mass is 16.6.